The van der Waals surface area contributed by atoms with Crippen LogP contribution in [0.5, 0.6) is 0 Å². The van der Waals surface area contributed by atoms with E-state index in [9.17, 15) is 13.8 Å². The highest BCUT2D eigenvalue weighted by molar-refractivity contribution is 7.48. The highest BCUT2D eigenvalue weighted by Gasteiger charge is 2.63. The van der Waals surface area contributed by atoms with Gasteiger partial charge in [-0.2, -0.15) is 13.8 Å². The highest BCUT2D eigenvalue weighted by Crippen LogP contribution is 2.58. The predicted molar refractivity (Wildman–Crippen MR) is 143 cm³/mol. The summed E-state index contributed by atoms with van der Waals surface area (Å²) < 4.78 is 87.5. The summed E-state index contributed by atoms with van der Waals surface area (Å²) in [6.45, 7) is 8.52. The number of benzene rings is 1. The van der Waals surface area contributed by atoms with Crippen molar-refractivity contribution in [3.05, 3.63) is 57.3 Å². The first-order valence-electron chi connectivity index (χ1n) is 12.5. The molecule has 2 fully saturated rings. The number of nitrogen functional groups attached to an aromatic ring is 1. The average molecular weight is 626 g/mol. The van der Waals surface area contributed by atoms with E-state index in [1.807, 2.05) is 20.8 Å². The van der Waals surface area contributed by atoms with Crippen molar-refractivity contribution < 1.29 is 40.5 Å². The number of aromatic nitrogens is 2. The lowest BCUT2D eigenvalue weighted by Gasteiger charge is -2.40. The number of anilines is 1. The second kappa shape index (κ2) is 11.1. The Bertz CT molecular complexity index is 1360. The quantitative estimate of drug-likeness (QED) is 0.298. The van der Waals surface area contributed by atoms with E-state index >= 15 is 8.78 Å². The van der Waals surface area contributed by atoms with Crippen LogP contribution in [-0.4, -0.2) is 49.2 Å². The van der Waals surface area contributed by atoms with Crippen molar-refractivity contribution >= 4 is 33.6 Å². The van der Waals surface area contributed by atoms with Crippen LogP contribution in [0.25, 0.3) is 0 Å². The van der Waals surface area contributed by atoms with Gasteiger partial charge in [-0.15, -0.1) is 0 Å². The number of rotatable bonds is 7. The van der Waals surface area contributed by atoms with E-state index in [0.717, 1.165) is 12.3 Å². The molecule has 222 valence electrons. The molecule has 2 aliphatic rings. The SMILES string of the molecule is CC(C)(C)[Si](C)(C)O[C@@H]1[C@@H](CO[P@]2(=O)OCC[C@H](c3ccc(F)c(Cl)c3)O2)O[C@@H](n2ccc(N)nc2=O)C1(F)F. The second-order valence-corrected chi connectivity index (χ2v) is 18.0. The molecule has 2 N–H and O–H groups in total. The van der Waals surface area contributed by atoms with Gasteiger partial charge in [-0.05, 0) is 41.9 Å². The number of nitrogens with zero attached hydrogens (tertiary/aromatic N) is 2. The third-order valence-electron chi connectivity index (χ3n) is 7.28. The second-order valence-electron chi connectivity index (χ2n) is 11.2. The molecule has 10 nitrogen and oxygen atoms in total. The van der Waals surface area contributed by atoms with Gasteiger partial charge in [0.15, 0.2) is 8.32 Å². The molecule has 1 aromatic heterocycles. The van der Waals surface area contributed by atoms with Gasteiger partial charge in [-0.25, -0.2) is 13.8 Å². The van der Waals surface area contributed by atoms with Crippen LogP contribution in [0.2, 0.25) is 23.2 Å². The molecule has 40 heavy (non-hydrogen) atoms. The first-order chi connectivity index (χ1) is 18.4. The standard InChI is InChI=1S/C24H32ClF3N3O7PSi/c1-23(2,3)40(4,5)38-20-18(36-21(24(20,27)28)31-10-8-19(29)30-22(31)32)13-35-39(33)34-11-9-17(37-39)14-6-7-16(26)15(25)12-14/h6-8,10,12,17-18,20-21H,9,11,13H2,1-5H3,(H2,29,30,32)/t17-,18-,20-,21-,39+/m1/s1. The van der Waals surface area contributed by atoms with Crippen LogP contribution >= 0.6 is 19.4 Å². The Morgan fingerprint density at radius 1 is 1.30 bits per heavy atom. The number of phosphoric acid groups is 1. The maximum atomic E-state index is 15.9. The van der Waals surface area contributed by atoms with Gasteiger partial charge in [0.25, 0.3) is 0 Å². The lowest BCUT2D eigenvalue weighted by atomic mass is 10.1. The topological polar surface area (TPSA) is 124 Å². The molecule has 0 bridgehead atoms. The number of hydrogen-bond donors (Lipinski definition) is 1. The summed E-state index contributed by atoms with van der Waals surface area (Å²) in [6, 6.07) is 5.10. The molecular formula is C24H32ClF3N3O7PSi. The van der Waals surface area contributed by atoms with Crippen molar-refractivity contribution in [2.75, 3.05) is 18.9 Å². The van der Waals surface area contributed by atoms with E-state index in [-0.39, 0.29) is 23.9 Å². The van der Waals surface area contributed by atoms with Crippen molar-refractivity contribution in [1.82, 2.24) is 9.55 Å². The zero-order valence-electron chi connectivity index (χ0n) is 22.6. The molecule has 0 amide bonds. The fraction of sp³-hybridized carbons (Fsp3) is 0.583. The van der Waals surface area contributed by atoms with Gasteiger partial charge < -0.3 is 14.9 Å². The summed E-state index contributed by atoms with van der Waals surface area (Å²) in [6.07, 6.45) is -4.93. The Balaban J connectivity index is 1.59. The molecule has 0 unspecified atom stereocenters. The first-order valence-corrected chi connectivity index (χ1v) is 17.3. The van der Waals surface area contributed by atoms with Crippen molar-refractivity contribution in [3.63, 3.8) is 0 Å². The molecule has 5 atom stereocenters. The van der Waals surface area contributed by atoms with E-state index in [1.165, 1.54) is 18.2 Å². The minimum atomic E-state index is -4.28. The average Bonchev–Trinajstić information content (AvgIpc) is 3.08. The minimum Gasteiger partial charge on any atom is -0.405 e. The van der Waals surface area contributed by atoms with Crippen LogP contribution < -0.4 is 11.4 Å². The number of nitrogens with two attached hydrogens (primary N) is 1. The van der Waals surface area contributed by atoms with Crippen LogP contribution in [0.4, 0.5) is 19.0 Å². The molecule has 16 heteroatoms. The van der Waals surface area contributed by atoms with Gasteiger partial charge in [-0.1, -0.05) is 38.4 Å². The van der Waals surface area contributed by atoms with Gasteiger partial charge in [-0.3, -0.25) is 18.1 Å². The third kappa shape index (κ3) is 6.34. The van der Waals surface area contributed by atoms with Gasteiger partial charge in [0, 0.05) is 12.6 Å². The normalized spacial score (nSPS) is 29.0. The summed E-state index contributed by atoms with van der Waals surface area (Å²) in [5.41, 5.74) is 4.92. The number of phosphoric ester groups is 1. The number of hydrogen-bond acceptors (Lipinski definition) is 9. The molecule has 2 aromatic rings. The monoisotopic (exact) mass is 625 g/mol. The van der Waals surface area contributed by atoms with Crippen LogP contribution in [0.1, 0.15) is 45.1 Å². The maximum absolute atomic E-state index is 15.9. The molecule has 0 saturated carbocycles. The zero-order chi connectivity index (χ0) is 29.7. The molecule has 0 aliphatic carbocycles. The summed E-state index contributed by atoms with van der Waals surface area (Å²) >= 11 is 5.87. The molecule has 1 aromatic carbocycles. The predicted octanol–water partition coefficient (Wildman–Crippen LogP) is 5.84. The van der Waals surface area contributed by atoms with Crippen LogP contribution in [0.15, 0.2) is 35.3 Å². The van der Waals surface area contributed by atoms with Crippen molar-refractivity contribution in [3.8, 4) is 0 Å². The lowest BCUT2D eigenvalue weighted by Crippen LogP contribution is -2.52. The highest BCUT2D eigenvalue weighted by atomic mass is 35.5. The number of halogens is 4. The summed E-state index contributed by atoms with van der Waals surface area (Å²) in [5.74, 6) is -4.49. The number of alkyl halides is 2. The Hall–Kier alpha value is -1.77. The summed E-state index contributed by atoms with van der Waals surface area (Å²) in [4.78, 5) is 15.9. The van der Waals surface area contributed by atoms with Crippen LogP contribution in [0.3, 0.4) is 0 Å². The van der Waals surface area contributed by atoms with Gasteiger partial charge in [0.2, 0.25) is 6.23 Å². The van der Waals surface area contributed by atoms with Gasteiger partial charge >= 0.3 is 19.4 Å². The molecular weight excluding hydrogens is 594 g/mol. The molecule has 4 rings (SSSR count). The molecule has 3 heterocycles. The third-order valence-corrected chi connectivity index (χ3v) is 13.5. The van der Waals surface area contributed by atoms with E-state index in [0.29, 0.717) is 10.1 Å². The van der Waals surface area contributed by atoms with Crippen LogP contribution in [-0.2, 0) is 27.3 Å². The smallest absolute Gasteiger partial charge is 0.405 e. The van der Waals surface area contributed by atoms with E-state index < -0.39 is 69.8 Å². The van der Waals surface area contributed by atoms with E-state index in [1.54, 1.807) is 13.1 Å². The molecule has 0 radical (unpaired) electrons. The summed E-state index contributed by atoms with van der Waals surface area (Å²) in [5, 5.41) is -0.591. The van der Waals surface area contributed by atoms with Crippen molar-refractivity contribution in [2.45, 2.75) is 75.8 Å². The Morgan fingerprint density at radius 3 is 2.62 bits per heavy atom. The largest absolute Gasteiger partial charge is 0.475 e. The van der Waals surface area contributed by atoms with Gasteiger partial charge in [0.05, 0.1) is 24.3 Å². The minimum absolute atomic E-state index is 0.0440. The molecule has 2 saturated heterocycles. The lowest BCUT2D eigenvalue weighted by molar-refractivity contribution is -0.138. The van der Waals surface area contributed by atoms with E-state index in [2.05, 4.69) is 4.98 Å². The van der Waals surface area contributed by atoms with E-state index in [4.69, 9.17) is 40.1 Å². The van der Waals surface area contributed by atoms with Crippen LogP contribution in [0, 0.1) is 5.82 Å². The number of ether oxygens (including phenoxy) is 1. The zero-order valence-corrected chi connectivity index (χ0v) is 25.3. The summed E-state index contributed by atoms with van der Waals surface area (Å²) in [7, 11) is -7.10. The Kier molecular flexibility index (Phi) is 8.68. The van der Waals surface area contributed by atoms with Crippen molar-refractivity contribution in [1.29, 1.82) is 0 Å². The maximum Gasteiger partial charge on any atom is 0.475 e. The fourth-order valence-corrected chi connectivity index (χ4v) is 6.91. The molecule has 2 aliphatic heterocycles. The molecule has 0 spiro atoms. The van der Waals surface area contributed by atoms with Gasteiger partial charge in [0.1, 0.15) is 23.8 Å². The van der Waals surface area contributed by atoms with Crippen molar-refractivity contribution in [2.24, 2.45) is 0 Å². The Morgan fingerprint density at radius 2 is 2.00 bits per heavy atom. The Labute approximate surface area is 235 Å². The fourth-order valence-electron chi connectivity index (χ4n) is 4.03. The first kappa shape index (κ1) is 31.2.